The van der Waals surface area contributed by atoms with Crippen LogP contribution in [0.1, 0.15) is 40.5 Å². The van der Waals surface area contributed by atoms with Gasteiger partial charge in [-0.05, 0) is 52.6 Å². The fraction of sp³-hybridized carbons (Fsp3) is 0.786. The van der Waals surface area contributed by atoms with E-state index in [9.17, 15) is 4.79 Å². The van der Waals surface area contributed by atoms with Gasteiger partial charge in [-0.2, -0.15) is 0 Å². The van der Waals surface area contributed by atoms with E-state index in [-0.39, 0.29) is 11.4 Å². The van der Waals surface area contributed by atoms with Crippen molar-refractivity contribution in [3.63, 3.8) is 0 Å². The molecule has 1 amide bonds. The maximum Gasteiger partial charge on any atom is 0.244 e. The molecule has 3 heteroatoms. The van der Waals surface area contributed by atoms with Gasteiger partial charge in [0.2, 0.25) is 5.91 Å². The Labute approximate surface area is 105 Å². The van der Waals surface area contributed by atoms with E-state index in [1.165, 1.54) is 12.8 Å². The maximum atomic E-state index is 11.5. The van der Waals surface area contributed by atoms with Gasteiger partial charge in [-0.3, -0.25) is 9.69 Å². The number of amides is 1. The van der Waals surface area contributed by atoms with Crippen molar-refractivity contribution in [3.05, 3.63) is 12.2 Å². The Morgan fingerprint density at radius 3 is 2.47 bits per heavy atom. The van der Waals surface area contributed by atoms with Gasteiger partial charge in [0.05, 0.1) is 0 Å². The largest absolute Gasteiger partial charge is 0.348 e. The molecule has 1 rings (SSSR count). The van der Waals surface area contributed by atoms with Gasteiger partial charge >= 0.3 is 0 Å². The molecule has 17 heavy (non-hydrogen) atoms. The summed E-state index contributed by atoms with van der Waals surface area (Å²) in [5.74, 6) is 0.863. The molecule has 0 saturated carbocycles. The third-order valence-corrected chi connectivity index (χ3v) is 3.01. The van der Waals surface area contributed by atoms with Crippen LogP contribution in [0.15, 0.2) is 12.2 Å². The summed E-state index contributed by atoms with van der Waals surface area (Å²) in [6.45, 7) is 11.5. The van der Waals surface area contributed by atoms with Crippen LogP contribution in [0.3, 0.4) is 0 Å². The summed E-state index contributed by atoms with van der Waals surface area (Å²) in [5.41, 5.74) is -0.151. The zero-order valence-corrected chi connectivity index (χ0v) is 11.6. The van der Waals surface area contributed by atoms with Gasteiger partial charge in [0.25, 0.3) is 0 Å². The summed E-state index contributed by atoms with van der Waals surface area (Å²) in [6, 6.07) is 0. The molecule has 0 aromatic heterocycles. The van der Waals surface area contributed by atoms with Crippen LogP contribution < -0.4 is 5.32 Å². The standard InChI is InChI=1S/C14H26N2O/c1-12-7-10-16(11-8-12)9-5-6-13(17)15-14(2,3)4/h5-6,12H,7-11H2,1-4H3,(H,15,17)/b6-5+. The minimum Gasteiger partial charge on any atom is -0.348 e. The lowest BCUT2D eigenvalue weighted by Gasteiger charge is -2.29. The van der Waals surface area contributed by atoms with E-state index in [0.29, 0.717) is 0 Å². The molecule has 1 heterocycles. The van der Waals surface area contributed by atoms with Gasteiger partial charge in [-0.15, -0.1) is 0 Å². The maximum absolute atomic E-state index is 11.5. The lowest BCUT2D eigenvalue weighted by Crippen LogP contribution is -2.39. The normalized spacial score (nSPS) is 19.8. The average molecular weight is 238 g/mol. The molecule has 1 N–H and O–H groups in total. The van der Waals surface area contributed by atoms with E-state index in [1.807, 2.05) is 26.8 Å². The minimum absolute atomic E-state index is 0.00266. The molecule has 3 nitrogen and oxygen atoms in total. The van der Waals surface area contributed by atoms with Crippen molar-refractivity contribution < 1.29 is 4.79 Å². The predicted molar refractivity (Wildman–Crippen MR) is 71.9 cm³/mol. The predicted octanol–water partition coefficient (Wildman–Crippen LogP) is 2.19. The Hall–Kier alpha value is -0.830. The first kappa shape index (κ1) is 14.2. The lowest BCUT2D eigenvalue weighted by atomic mass is 9.99. The Morgan fingerprint density at radius 2 is 1.94 bits per heavy atom. The second-order valence-electron chi connectivity index (χ2n) is 6.12. The molecule has 1 fully saturated rings. The van der Waals surface area contributed by atoms with Gasteiger partial charge in [-0.25, -0.2) is 0 Å². The van der Waals surface area contributed by atoms with E-state index in [2.05, 4.69) is 17.1 Å². The van der Waals surface area contributed by atoms with Crippen LogP contribution in [-0.4, -0.2) is 36.0 Å². The third kappa shape index (κ3) is 6.47. The summed E-state index contributed by atoms with van der Waals surface area (Å²) in [4.78, 5) is 13.9. The summed E-state index contributed by atoms with van der Waals surface area (Å²) in [5, 5.41) is 2.92. The highest BCUT2D eigenvalue weighted by atomic mass is 16.1. The van der Waals surface area contributed by atoms with Crippen LogP contribution in [0.4, 0.5) is 0 Å². The second-order valence-corrected chi connectivity index (χ2v) is 6.12. The first-order valence-corrected chi connectivity index (χ1v) is 6.58. The molecule has 0 spiro atoms. The van der Waals surface area contributed by atoms with Crippen LogP contribution >= 0.6 is 0 Å². The molecule has 0 aromatic rings. The first-order chi connectivity index (χ1) is 7.87. The molecule has 0 bridgehead atoms. The van der Waals surface area contributed by atoms with Crippen LogP contribution in [0.5, 0.6) is 0 Å². The summed E-state index contributed by atoms with van der Waals surface area (Å²) < 4.78 is 0. The molecule has 0 radical (unpaired) electrons. The van der Waals surface area contributed by atoms with Crippen molar-refractivity contribution in [2.75, 3.05) is 19.6 Å². The van der Waals surface area contributed by atoms with E-state index >= 15 is 0 Å². The fourth-order valence-corrected chi connectivity index (χ4v) is 1.96. The number of carbonyl (C=O) groups excluding carboxylic acids is 1. The number of hydrogen-bond acceptors (Lipinski definition) is 2. The molecule has 1 saturated heterocycles. The number of likely N-dealkylation sites (tertiary alicyclic amines) is 1. The van der Waals surface area contributed by atoms with Crippen molar-refractivity contribution in [2.24, 2.45) is 5.92 Å². The minimum atomic E-state index is -0.151. The van der Waals surface area contributed by atoms with Crippen molar-refractivity contribution in [1.82, 2.24) is 10.2 Å². The Morgan fingerprint density at radius 1 is 1.35 bits per heavy atom. The molecule has 0 atom stereocenters. The van der Waals surface area contributed by atoms with Gasteiger partial charge in [-0.1, -0.05) is 13.0 Å². The SMILES string of the molecule is CC1CCN(C/C=C/C(=O)NC(C)(C)C)CC1. The summed E-state index contributed by atoms with van der Waals surface area (Å²) in [7, 11) is 0. The highest BCUT2D eigenvalue weighted by Gasteiger charge is 2.14. The van der Waals surface area contributed by atoms with Crippen LogP contribution in [0, 0.1) is 5.92 Å². The lowest BCUT2D eigenvalue weighted by molar-refractivity contribution is -0.117. The van der Waals surface area contributed by atoms with Crippen molar-refractivity contribution in [1.29, 1.82) is 0 Å². The topological polar surface area (TPSA) is 32.3 Å². The van der Waals surface area contributed by atoms with E-state index in [1.54, 1.807) is 6.08 Å². The van der Waals surface area contributed by atoms with E-state index in [0.717, 1.165) is 25.6 Å². The first-order valence-electron chi connectivity index (χ1n) is 6.58. The Kier molecular flexibility index (Phi) is 5.19. The highest BCUT2D eigenvalue weighted by Crippen LogP contribution is 2.15. The molecule has 1 aliphatic heterocycles. The number of hydrogen-bond donors (Lipinski definition) is 1. The number of rotatable bonds is 3. The van der Waals surface area contributed by atoms with Gasteiger partial charge in [0.15, 0.2) is 0 Å². The second kappa shape index (κ2) is 6.20. The molecule has 98 valence electrons. The Bertz CT molecular complexity index is 270. The third-order valence-electron chi connectivity index (χ3n) is 3.01. The zero-order chi connectivity index (χ0) is 12.9. The molecular formula is C14H26N2O. The van der Waals surface area contributed by atoms with Crippen LogP contribution in [0.25, 0.3) is 0 Å². The molecule has 0 aromatic carbocycles. The van der Waals surface area contributed by atoms with Crippen LogP contribution in [-0.2, 0) is 4.79 Å². The monoisotopic (exact) mass is 238 g/mol. The molecule has 0 unspecified atom stereocenters. The number of piperidine rings is 1. The van der Waals surface area contributed by atoms with Crippen LogP contribution in [0.2, 0.25) is 0 Å². The van der Waals surface area contributed by atoms with E-state index < -0.39 is 0 Å². The molecular weight excluding hydrogens is 212 g/mol. The van der Waals surface area contributed by atoms with Crippen molar-refractivity contribution in [2.45, 2.75) is 46.1 Å². The zero-order valence-electron chi connectivity index (χ0n) is 11.6. The number of nitrogens with one attached hydrogen (secondary N) is 1. The summed E-state index contributed by atoms with van der Waals surface area (Å²) in [6.07, 6.45) is 6.18. The van der Waals surface area contributed by atoms with E-state index in [4.69, 9.17) is 0 Å². The summed E-state index contributed by atoms with van der Waals surface area (Å²) >= 11 is 0. The number of carbonyl (C=O) groups is 1. The highest BCUT2D eigenvalue weighted by molar-refractivity contribution is 5.87. The number of nitrogens with zero attached hydrogens (tertiary/aromatic N) is 1. The fourth-order valence-electron chi connectivity index (χ4n) is 1.96. The van der Waals surface area contributed by atoms with Crippen molar-refractivity contribution >= 4 is 5.91 Å². The van der Waals surface area contributed by atoms with Gasteiger partial charge in [0, 0.05) is 18.2 Å². The van der Waals surface area contributed by atoms with Gasteiger partial charge in [0.1, 0.15) is 0 Å². The quantitative estimate of drug-likeness (QED) is 0.764. The molecule has 0 aliphatic carbocycles. The average Bonchev–Trinajstić information content (AvgIpc) is 2.18. The van der Waals surface area contributed by atoms with Crippen molar-refractivity contribution in [3.8, 4) is 0 Å². The Balaban J connectivity index is 2.23. The smallest absolute Gasteiger partial charge is 0.244 e. The molecule has 1 aliphatic rings. The van der Waals surface area contributed by atoms with Gasteiger partial charge < -0.3 is 5.32 Å².